The molecule has 2 N–H and O–H groups in total. The van der Waals surface area contributed by atoms with Crippen LogP contribution in [-0.2, 0) is 6.54 Å². The Balaban J connectivity index is 2.49. The van der Waals surface area contributed by atoms with Gasteiger partial charge in [0.1, 0.15) is 5.75 Å². The maximum Gasteiger partial charge on any atom is 0.461 e. The molecule has 0 spiro atoms. The molecule has 0 aromatic heterocycles. The minimum Gasteiger partial charge on any atom is -0.428 e. The third-order valence-corrected chi connectivity index (χ3v) is 2.71. The molecule has 0 bridgehead atoms. The van der Waals surface area contributed by atoms with E-state index in [2.05, 4.69) is 10.1 Å². The molecule has 0 aliphatic rings. The second-order valence-corrected chi connectivity index (χ2v) is 4.63. The fourth-order valence-electron chi connectivity index (χ4n) is 1.56. The summed E-state index contributed by atoms with van der Waals surface area (Å²) in [6.45, 7) is -0.193. The summed E-state index contributed by atoms with van der Waals surface area (Å²) in [5, 5.41) is 11.3. The SMILES string of the molecule is OC(CCNCc1cccc(OC(F)(F)C(F)F)c1)C(F)(F)F. The molecular formula is C13H14F7NO2. The molecule has 10 heteroatoms. The number of hydrogen-bond acceptors (Lipinski definition) is 3. The van der Waals surface area contributed by atoms with Gasteiger partial charge in [0.2, 0.25) is 0 Å². The van der Waals surface area contributed by atoms with Gasteiger partial charge in [-0.05, 0) is 30.7 Å². The lowest BCUT2D eigenvalue weighted by Crippen LogP contribution is -2.33. The zero-order valence-corrected chi connectivity index (χ0v) is 11.6. The smallest absolute Gasteiger partial charge is 0.428 e. The molecule has 1 rings (SSSR count). The minimum atomic E-state index is -4.71. The first-order valence-corrected chi connectivity index (χ1v) is 6.42. The zero-order valence-electron chi connectivity index (χ0n) is 11.6. The molecule has 0 saturated heterocycles. The summed E-state index contributed by atoms with van der Waals surface area (Å²) < 4.78 is 89.6. The quantitative estimate of drug-likeness (QED) is 0.559. The maximum atomic E-state index is 12.7. The molecule has 0 aliphatic heterocycles. The van der Waals surface area contributed by atoms with Crippen LogP contribution < -0.4 is 10.1 Å². The van der Waals surface area contributed by atoms with Crippen LogP contribution in [0.5, 0.6) is 5.75 Å². The Bertz CT molecular complexity index is 493. The molecule has 1 aromatic rings. The van der Waals surface area contributed by atoms with Gasteiger partial charge in [0.15, 0.2) is 6.10 Å². The lowest BCUT2D eigenvalue weighted by atomic mass is 10.2. The Morgan fingerprint density at radius 3 is 2.35 bits per heavy atom. The van der Waals surface area contributed by atoms with E-state index in [9.17, 15) is 30.7 Å². The number of rotatable bonds is 8. The van der Waals surface area contributed by atoms with Gasteiger partial charge in [-0.25, -0.2) is 0 Å². The van der Waals surface area contributed by atoms with Crippen molar-refractivity contribution in [3.8, 4) is 5.75 Å². The standard InChI is InChI=1S/C13H14F7NO2/c14-11(15)13(19,20)23-9-3-1-2-8(6-9)7-21-5-4-10(22)12(16,17)18/h1-3,6,10-11,21-22H,4-5,7H2. The summed E-state index contributed by atoms with van der Waals surface area (Å²) in [4.78, 5) is 0. The Morgan fingerprint density at radius 1 is 1.13 bits per heavy atom. The highest BCUT2D eigenvalue weighted by Crippen LogP contribution is 2.27. The summed E-state index contributed by atoms with van der Waals surface area (Å²) in [5.41, 5.74) is 0.342. The van der Waals surface area contributed by atoms with Crippen LogP contribution in [0.25, 0.3) is 0 Å². The third-order valence-electron chi connectivity index (χ3n) is 2.71. The van der Waals surface area contributed by atoms with E-state index in [-0.39, 0.29) is 13.1 Å². The fraction of sp³-hybridized carbons (Fsp3) is 0.538. The van der Waals surface area contributed by atoms with Crippen LogP contribution in [-0.4, -0.2) is 36.5 Å². The predicted molar refractivity (Wildman–Crippen MR) is 66.4 cm³/mol. The Labute approximate surface area is 127 Å². The average Bonchev–Trinajstić information content (AvgIpc) is 2.42. The second kappa shape index (κ2) is 7.82. The topological polar surface area (TPSA) is 41.5 Å². The van der Waals surface area contributed by atoms with Crippen LogP contribution in [0.15, 0.2) is 24.3 Å². The highest BCUT2D eigenvalue weighted by molar-refractivity contribution is 5.28. The van der Waals surface area contributed by atoms with Crippen molar-refractivity contribution >= 4 is 0 Å². The average molecular weight is 349 g/mol. The van der Waals surface area contributed by atoms with Gasteiger partial charge in [-0.3, -0.25) is 0 Å². The van der Waals surface area contributed by atoms with E-state index in [1.807, 2.05) is 0 Å². The van der Waals surface area contributed by atoms with Gasteiger partial charge in [-0.15, -0.1) is 0 Å². The molecule has 132 valence electrons. The van der Waals surface area contributed by atoms with E-state index in [0.717, 1.165) is 12.1 Å². The molecule has 1 unspecified atom stereocenters. The molecule has 1 aromatic carbocycles. The van der Waals surface area contributed by atoms with Gasteiger partial charge < -0.3 is 15.2 Å². The van der Waals surface area contributed by atoms with Crippen molar-refractivity contribution in [2.75, 3.05) is 6.54 Å². The van der Waals surface area contributed by atoms with Crippen LogP contribution >= 0.6 is 0 Å². The molecule has 23 heavy (non-hydrogen) atoms. The predicted octanol–water partition coefficient (Wildman–Crippen LogP) is 3.33. The fourth-order valence-corrected chi connectivity index (χ4v) is 1.56. The summed E-state index contributed by atoms with van der Waals surface area (Å²) in [6, 6.07) is 4.83. The van der Waals surface area contributed by atoms with Gasteiger partial charge in [-0.1, -0.05) is 12.1 Å². The van der Waals surface area contributed by atoms with Crippen LogP contribution in [0.3, 0.4) is 0 Å². The molecule has 0 radical (unpaired) electrons. The number of ether oxygens (including phenoxy) is 1. The molecule has 0 fully saturated rings. The van der Waals surface area contributed by atoms with Crippen molar-refractivity contribution in [1.82, 2.24) is 5.32 Å². The van der Waals surface area contributed by atoms with Crippen LogP contribution in [0.1, 0.15) is 12.0 Å². The number of nitrogens with one attached hydrogen (secondary N) is 1. The number of hydrogen-bond donors (Lipinski definition) is 2. The van der Waals surface area contributed by atoms with E-state index in [1.54, 1.807) is 0 Å². The normalized spacial score (nSPS) is 14.1. The molecule has 0 heterocycles. The van der Waals surface area contributed by atoms with Gasteiger partial charge in [-0.2, -0.15) is 30.7 Å². The Hall–Kier alpha value is -1.55. The van der Waals surface area contributed by atoms with Gasteiger partial charge >= 0.3 is 18.7 Å². The first-order valence-electron chi connectivity index (χ1n) is 6.42. The summed E-state index contributed by atoms with van der Waals surface area (Å²) in [7, 11) is 0. The number of aliphatic hydroxyl groups is 1. The van der Waals surface area contributed by atoms with Crippen LogP contribution in [0.2, 0.25) is 0 Å². The lowest BCUT2D eigenvalue weighted by molar-refractivity contribution is -0.253. The number of benzene rings is 1. The van der Waals surface area contributed by atoms with Crippen molar-refractivity contribution in [3.05, 3.63) is 29.8 Å². The maximum absolute atomic E-state index is 12.7. The highest BCUT2D eigenvalue weighted by atomic mass is 19.4. The Morgan fingerprint density at radius 2 is 1.78 bits per heavy atom. The van der Waals surface area contributed by atoms with Crippen LogP contribution in [0.4, 0.5) is 30.7 Å². The van der Waals surface area contributed by atoms with E-state index >= 15 is 0 Å². The molecule has 0 aliphatic carbocycles. The van der Waals surface area contributed by atoms with Crippen LogP contribution in [0, 0.1) is 0 Å². The second-order valence-electron chi connectivity index (χ2n) is 4.63. The number of aliphatic hydroxyl groups excluding tert-OH is 1. The summed E-state index contributed by atoms with van der Waals surface area (Å²) in [5.74, 6) is -0.495. The molecule has 3 nitrogen and oxygen atoms in total. The highest BCUT2D eigenvalue weighted by Gasteiger charge is 2.44. The van der Waals surface area contributed by atoms with Crippen molar-refractivity contribution in [1.29, 1.82) is 0 Å². The van der Waals surface area contributed by atoms with E-state index in [0.29, 0.717) is 5.56 Å². The molecule has 0 saturated carbocycles. The van der Waals surface area contributed by atoms with Crippen molar-refractivity contribution < 1.29 is 40.6 Å². The van der Waals surface area contributed by atoms with Crippen molar-refractivity contribution in [2.24, 2.45) is 0 Å². The largest absolute Gasteiger partial charge is 0.461 e. The van der Waals surface area contributed by atoms with Gasteiger partial charge in [0.05, 0.1) is 0 Å². The minimum absolute atomic E-state index is 0.0119. The molecule has 0 amide bonds. The van der Waals surface area contributed by atoms with Gasteiger partial charge in [0, 0.05) is 6.54 Å². The van der Waals surface area contributed by atoms with Crippen molar-refractivity contribution in [3.63, 3.8) is 0 Å². The first-order chi connectivity index (χ1) is 10.5. The molecule has 1 atom stereocenters. The first kappa shape index (κ1) is 19.5. The number of alkyl halides is 7. The summed E-state index contributed by atoms with van der Waals surface area (Å²) >= 11 is 0. The van der Waals surface area contributed by atoms with Crippen molar-refractivity contribution in [2.45, 2.75) is 37.8 Å². The zero-order chi connectivity index (χ0) is 17.7. The number of halogens is 7. The van der Waals surface area contributed by atoms with E-state index < -0.39 is 37.0 Å². The monoisotopic (exact) mass is 349 g/mol. The Kier molecular flexibility index (Phi) is 6.63. The third kappa shape index (κ3) is 6.61. The lowest BCUT2D eigenvalue weighted by Gasteiger charge is -2.17. The molecular weight excluding hydrogens is 335 g/mol. The summed E-state index contributed by atoms with van der Waals surface area (Å²) in [6.07, 6.45) is -16.4. The van der Waals surface area contributed by atoms with E-state index in [4.69, 9.17) is 5.11 Å². The van der Waals surface area contributed by atoms with Gasteiger partial charge in [0.25, 0.3) is 0 Å². The van der Waals surface area contributed by atoms with E-state index in [1.165, 1.54) is 12.1 Å².